The van der Waals surface area contributed by atoms with Crippen molar-refractivity contribution in [3.8, 4) is 5.75 Å². The molecule has 5 heteroatoms. The first-order valence-electron chi connectivity index (χ1n) is 6.09. The van der Waals surface area contributed by atoms with E-state index in [1.54, 1.807) is 0 Å². The zero-order valence-corrected chi connectivity index (χ0v) is 10.3. The maximum atomic E-state index is 8.57. The van der Waals surface area contributed by atoms with Crippen LogP contribution in [-0.4, -0.2) is 55.8 Å². The van der Waals surface area contributed by atoms with E-state index in [0.29, 0.717) is 6.61 Å². The third kappa shape index (κ3) is 3.72. The Balaban J connectivity index is 1.82. The van der Waals surface area contributed by atoms with Gasteiger partial charge in [0.25, 0.3) is 0 Å². The van der Waals surface area contributed by atoms with Crippen molar-refractivity contribution < 1.29 is 14.7 Å². The molecule has 0 aliphatic carbocycles. The first-order chi connectivity index (χ1) is 8.90. The highest BCUT2D eigenvalue weighted by atomic mass is 16.5. The predicted molar refractivity (Wildman–Crippen MR) is 68.6 cm³/mol. The maximum Gasteiger partial charge on any atom is 0.128 e. The molecule has 1 heterocycles. The summed E-state index contributed by atoms with van der Waals surface area (Å²) in [4.78, 5) is 2.31. The zero-order chi connectivity index (χ0) is 12.6. The van der Waals surface area contributed by atoms with Gasteiger partial charge in [-0.3, -0.25) is 4.90 Å². The molecule has 98 valence electrons. The van der Waals surface area contributed by atoms with Crippen molar-refractivity contribution in [1.82, 2.24) is 4.90 Å². The summed E-state index contributed by atoms with van der Waals surface area (Å²) in [5, 5.41) is 11.6. The Morgan fingerprint density at radius 3 is 2.89 bits per heavy atom. The molecule has 0 unspecified atom stereocenters. The Bertz CT molecular complexity index is 390. The molecule has 0 aromatic heterocycles. The summed E-state index contributed by atoms with van der Waals surface area (Å²) in [6.45, 7) is 5.03. The summed E-state index contributed by atoms with van der Waals surface area (Å²) in [5.41, 5.74) is 0.780. The highest BCUT2D eigenvalue weighted by Crippen LogP contribution is 2.15. The number of hydrogen-bond donors (Lipinski definition) is 1. The van der Waals surface area contributed by atoms with E-state index in [4.69, 9.17) is 14.7 Å². The van der Waals surface area contributed by atoms with Crippen LogP contribution < -0.4 is 4.74 Å². The topological polar surface area (TPSA) is 54.3 Å². The van der Waals surface area contributed by atoms with Crippen LogP contribution in [0.5, 0.6) is 5.75 Å². The first kappa shape index (κ1) is 12.9. The maximum absolute atomic E-state index is 8.57. The number of rotatable bonds is 5. The van der Waals surface area contributed by atoms with Crippen LogP contribution in [0.25, 0.3) is 0 Å². The number of ether oxygens (including phenoxy) is 2. The second-order valence-corrected chi connectivity index (χ2v) is 4.08. The highest BCUT2D eigenvalue weighted by molar-refractivity contribution is 5.82. The fourth-order valence-electron chi connectivity index (χ4n) is 1.89. The van der Waals surface area contributed by atoms with Crippen LogP contribution in [-0.2, 0) is 4.74 Å². The van der Waals surface area contributed by atoms with Gasteiger partial charge < -0.3 is 14.7 Å². The normalized spacial score (nSPS) is 17.1. The number of benzene rings is 1. The number of morpholine rings is 1. The molecular weight excluding hydrogens is 232 g/mol. The number of hydrogen-bond acceptors (Lipinski definition) is 5. The number of nitrogens with zero attached hydrogens (tertiary/aromatic N) is 2. The van der Waals surface area contributed by atoms with Gasteiger partial charge in [0.1, 0.15) is 12.4 Å². The second kappa shape index (κ2) is 6.98. The minimum atomic E-state index is 0.621. The molecule has 1 fully saturated rings. The SMILES string of the molecule is O/N=C/c1ccccc1OCCN1CCOCC1. The lowest BCUT2D eigenvalue weighted by Crippen LogP contribution is -2.38. The summed E-state index contributed by atoms with van der Waals surface area (Å²) in [7, 11) is 0. The Labute approximate surface area is 107 Å². The van der Waals surface area contributed by atoms with Crippen LogP contribution in [0.2, 0.25) is 0 Å². The lowest BCUT2D eigenvalue weighted by Gasteiger charge is -2.26. The number of oxime groups is 1. The largest absolute Gasteiger partial charge is 0.492 e. The molecule has 0 bridgehead atoms. The molecular formula is C13H18N2O3. The molecule has 1 aromatic rings. The Morgan fingerprint density at radius 2 is 2.11 bits per heavy atom. The van der Waals surface area contributed by atoms with Crippen LogP contribution in [0.3, 0.4) is 0 Å². The predicted octanol–water partition coefficient (Wildman–Crippen LogP) is 1.21. The average molecular weight is 250 g/mol. The van der Waals surface area contributed by atoms with Gasteiger partial charge in [-0.25, -0.2) is 0 Å². The van der Waals surface area contributed by atoms with Gasteiger partial charge in [-0.2, -0.15) is 0 Å². The molecule has 0 radical (unpaired) electrons. The van der Waals surface area contributed by atoms with E-state index < -0.39 is 0 Å². The molecule has 1 aromatic carbocycles. The Kier molecular flexibility index (Phi) is 4.99. The summed E-state index contributed by atoms with van der Waals surface area (Å²) in [5.74, 6) is 0.739. The van der Waals surface area contributed by atoms with Crippen LogP contribution in [0.4, 0.5) is 0 Å². The van der Waals surface area contributed by atoms with Gasteiger partial charge in [0.05, 0.1) is 19.4 Å². The molecule has 0 spiro atoms. The molecule has 2 rings (SSSR count). The van der Waals surface area contributed by atoms with Crippen molar-refractivity contribution in [2.45, 2.75) is 0 Å². The van der Waals surface area contributed by atoms with Crippen molar-refractivity contribution in [3.05, 3.63) is 29.8 Å². The monoisotopic (exact) mass is 250 g/mol. The average Bonchev–Trinajstić information content (AvgIpc) is 2.42. The molecule has 1 aliphatic heterocycles. The van der Waals surface area contributed by atoms with E-state index in [-0.39, 0.29) is 0 Å². The molecule has 0 saturated carbocycles. The van der Waals surface area contributed by atoms with Crippen LogP contribution in [0.15, 0.2) is 29.4 Å². The van der Waals surface area contributed by atoms with Crippen molar-refractivity contribution >= 4 is 6.21 Å². The summed E-state index contributed by atoms with van der Waals surface area (Å²) < 4.78 is 11.0. The summed E-state index contributed by atoms with van der Waals surface area (Å²) in [6.07, 6.45) is 1.38. The molecule has 0 amide bonds. The fraction of sp³-hybridized carbons (Fsp3) is 0.462. The van der Waals surface area contributed by atoms with Crippen LogP contribution >= 0.6 is 0 Å². The lowest BCUT2D eigenvalue weighted by molar-refractivity contribution is 0.0322. The minimum Gasteiger partial charge on any atom is -0.492 e. The molecule has 0 atom stereocenters. The number of para-hydroxylation sites is 1. The van der Waals surface area contributed by atoms with E-state index >= 15 is 0 Å². The molecule has 1 N–H and O–H groups in total. The fourth-order valence-corrected chi connectivity index (χ4v) is 1.89. The Hall–Kier alpha value is -1.59. The smallest absolute Gasteiger partial charge is 0.128 e. The minimum absolute atomic E-state index is 0.621. The van der Waals surface area contributed by atoms with Gasteiger partial charge in [0, 0.05) is 25.2 Å². The van der Waals surface area contributed by atoms with E-state index in [9.17, 15) is 0 Å². The van der Waals surface area contributed by atoms with E-state index in [2.05, 4.69) is 10.1 Å². The van der Waals surface area contributed by atoms with Gasteiger partial charge >= 0.3 is 0 Å². The van der Waals surface area contributed by atoms with Crippen molar-refractivity contribution in [2.75, 3.05) is 39.5 Å². The zero-order valence-electron chi connectivity index (χ0n) is 10.3. The third-order valence-electron chi connectivity index (χ3n) is 2.88. The van der Waals surface area contributed by atoms with Gasteiger partial charge in [0.2, 0.25) is 0 Å². The summed E-state index contributed by atoms with van der Waals surface area (Å²) in [6, 6.07) is 7.50. The van der Waals surface area contributed by atoms with Gasteiger partial charge in [0.15, 0.2) is 0 Å². The lowest BCUT2D eigenvalue weighted by atomic mass is 10.2. The van der Waals surface area contributed by atoms with Crippen molar-refractivity contribution in [2.24, 2.45) is 5.16 Å². The van der Waals surface area contributed by atoms with E-state index in [1.807, 2.05) is 24.3 Å². The van der Waals surface area contributed by atoms with Gasteiger partial charge in [-0.05, 0) is 12.1 Å². The molecule has 5 nitrogen and oxygen atoms in total. The quantitative estimate of drug-likeness (QED) is 0.485. The van der Waals surface area contributed by atoms with Gasteiger partial charge in [-0.1, -0.05) is 17.3 Å². The highest BCUT2D eigenvalue weighted by Gasteiger charge is 2.10. The van der Waals surface area contributed by atoms with Crippen LogP contribution in [0.1, 0.15) is 5.56 Å². The second-order valence-electron chi connectivity index (χ2n) is 4.08. The van der Waals surface area contributed by atoms with Crippen molar-refractivity contribution in [3.63, 3.8) is 0 Å². The standard InChI is InChI=1S/C13H18N2O3/c16-14-11-12-3-1-2-4-13(12)18-10-7-15-5-8-17-9-6-15/h1-4,11,16H,5-10H2/b14-11+. The van der Waals surface area contributed by atoms with Crippen LogP contribution in [0, 0.1) is 0 Å². The Morgan fingerprint density at radius 1 is 1.33 bits per heavy atom. The molecule has 1 aliphatic rings. The van der Waals surface area contributed by atoms with Gasteiger partial charge in [-0.15, -0.1) is 0 Å². The first-order valence-corrected chi connectivity index (χ1v) is 6.09. The van der Waals surface area contributed by atoms with Crippen molar-refractivity contribution in [1.29, 1.82) is 0 Å². The summed E-state index contributed by atoms with van der Waals surface area (Å²) >= 11 is 0. The van der Waals surface area contributed by atoms with E-state index in [0.717, 1.165) is 44.2 Å². The third-order valence-corrected chi connectivity index (χ3v) is 2.88. The molecule has 1 saturated heterocycles. The van der Waals surface area contributed by atoms with E-state index in [1.165, 1.54) is 6.21 Å². The molecule has 18 heavy (non-hydrogen) atoms.